The molecule has 23 heavy (non-hydrogen) atoms. The second kappa shape index (κ2) is 8.44. The van der Waals surface area contributed by atoms with Crippen molar-refractivity contribution in [1.82, 2.24) is 13.9 Å². The predicted molar refractivity (Wildman–Crippen MR) is 95.0 cm³/mol. The number of nitrogens with zero attached hydrogens (tertiary/aromatic N) is 2. The van der Waals surface area contributed by atoms with Crippen molar-refractivity contribution in [1.29, 1.82) is 0 Å². The molecule has 1 fully saturated rings. The van der Waals surface area contributed by atoms with E-state index in [2.05, 4.69) is 15.7 Å². The Morgan fingerprint density at radius 2 is 1.91 bits per heavy atom. The van der Waals surface area contributed by atoms with Crippen molar-refractivity contribution in [2.75, 3.05) is 32.7 Å². The average Bonchev–Trinajstić information content (AvgIpc) is 2.46. The molecular weight excluding hydrogens is 334 g/mol. The van der Waals surface area contributed by atoms with Gasteiger partial charge < -0.3 is 4.90 Å². The first-order chi connectivity index (χ1) is 10.9. The lowest BCUT2D eigenvalue weighted by atomic mass is 10.1. The number of rotatable bonds is 7. The van der Waals surface area contributed by atoms with Crippen LogP contribution in [0.4, 0.5) is 0 Å². The van der Waals surface area contributed by atoms with Crippen molar-refractivity contribution in [2.24, 2.45) is 0 Å². The van der Waals surface area contributed by atoms with Gasteiger partial charge >= 0.3 is 0 Å². The van der Waals surface area contributed by atoms with Crippen molar-refractivity contribution in [3.8, 4) is 0 Å². The van der Waals surface area contributed by atoms with Gasteiger partial charge in [0.15, 0.2) is 0 Å². The smallest absolute Gasteiger partial charge is 0.279 e. The Morgan fingerprint density at radius 1 is 1.22 bits per heavy atom. The summed E-state index contributed by atoms with van der Waals surface area (Å²) in [5, 5.41) is 0.777. The zero-order valence-corrected chi connectivity index (χ0v) is 15.4. The summed E-state index contributed by atoms with van der Waals surface area (Å²) in [6, 6.07) is 7.88. The standard InChI is InChI=1S/C16H26ClN3O2S/c1-14(2)18-23(21,22)20-11-9-19(10-12-20)8-4-6-15-5-3-7-16(17)13-15/h3,5,7,13-14,18H,4,6,8-12H2,1-2H3. The van der Waals surface area contributed by atoms with E-state index in [4.69, 9.17) is 11.6 Å². The number of benzene rings is 1. The molecule has 0 unspecified atom stereocenters. The first-order valence-electron chi connectivity index (χ1n) is 8.11. The van der Waals surface area contributed by atoms with Gasteiger partial charge in [-0.2, -0.15) is 17.4 Å². The molecule has 0 amide bonds. The van der Waals surface area contributed by atoms with Gasteiger partial charge in [-0.25, -0.2) is 0 Å². The van der Waals surface area contributed by atoms with E-state index in [1.165, 1.54) is 5.56 Å². The van der Waals surface area contributed by atoms with Crippen molar-refractivity contribution in [2.45, 2.75) is 32.7 Å². The van der Waals surface area contributed by atoms with Gasteiger partial charge in [0.1, 0.15) is 0 Å². The first-order valence-corrected chi connectivity index (χ1v) is 9.93. The molecule has 1 aromatic carbocycles. The summed E-state index contributed by atoms with van der Waals surface area (Å²) in [6.07, 6.45) is 2.05. The zero-order valence-electron chi connectivity index (χ0n) is 13.8. The van der Waals surface area contributed by atoms with Crippen LogP contribution >= 0.6 is 11.6 Å². The van der Waals surface area contributed by atoms with Crippen LogP contribution in [0.15, 0.2) is 24.3 Å². The third-order valence-corrected chi connectivity index (χ3v) is 5.93. The Bertz CT molecular complexity index is 599. The Hall–Kier alpha value is -0.660. The maximum Gasteiger partial charge on any atom is 0.279 e. The predicted octanol–water partition coefficient (Wildman–Crippen LogP) is 2.13. The summed E-state index contributed by atoms with van der Waals surface area (Å²) in [6.45, 7) is 7.34. The molecule has 0 radical (unpaired) electrons. The van der Waals surface area contributed by atoms with Crippen LogP contribution in [0, 0.1) is 0 Å². The highest BCUT2D eigenvalue weighted by Gasteiger charge is 2.26. The molecular formula is C16H26ClN3O2S. The lowest BCUT2D eigenvalue weighted by Crippen LogP contribution is -2.53. The molecule has 5 nitrogen and oxygen atoms in total. The molecule has 0 spiro atoms. The molecule has 0 saturated carbocycles. The zero-order chi connectivity index (χ0) is 16.9. The average molecular weight is 360 g/mol. The minimum Gasteiger partial charge on any atom is -0.301 e. The van der Waals surface area contributed by atoms with E-state index in [1.807, 2.05) is 32.0 Å². The van der Waals surface area contributed by atoms with Crippen molar-refractivity contribution in [3.05, 3.63) is 34.9 Å². The monoisotopic (exact) mass is 359 g/mol. The highest BCUT2D eigenvalue weighted by Crippen LogP contribution is 2.13. The summed E-state index contributed by atoms with van der Waals surface area (Å²) in [7, 11) is -3.33. The fourth-order valence-corrected chi connectivity index (χ4v) is 4.37. The molecule has 1 heterocycles. The lowest BCUT2D eigenvalue weighted by Gasteiger charge is -2.34. The van der Waals surface area contributed by atoms with E-state index < -0.39 is 10.2 Å². The number of hydrogen-bond donors (Lipinski definition) is 1. The van der Waals surface area contributed by atoms with Crippen LogP contribution in [0.2, 0.25) is 5.02 Å². The van der Waals surface area contributed by atoms with Gasteiger partial charge in [0.2, 0.25) is 0 Å². The number of halogens is 1. The lowest BCUT2D eigenvalue weighted by molar-refractivity contribution is 0.185. The van der Waals surface area contributed by atoms with E-state index in [0.717, 1.165) is 37.5 Å². The number of aryl methyl sites for hydroxylation is 1. The Kier molecular flexibility index (Phi) is 6.85. The van der Waals surface area contributed by atoms with Gasteiger partial charge in [0.05, 0.1) is 0 Å². The van der Waals surface area contributed by atoms with Crippen LogP contribution in [0.1, 0.15) is 25.8 Å². The van der Waals surface area contributed by atoms with Crippen LogP contribution in [0.25, 0.3) is 0 Å². The molecule has 7 heteroatoms. The molecule has 1 aromatic rings. The molecule has 1 aliphatic rings. The molecule has 1 N–H and O–H groups in total. The fraction of sp³-hybridized carbons (Fsp3) is 0.625. The maximum absolute atomic E-state index is 12.1. The fourth-order valence-electron chi connectivity index (χ4n) is 2.77. The summed E-state index contributed by atoms with van der Waals surface area (Å²) in [4.78, 5) is 2.33. The SMILES string of the molecule is CC(C)NS(=O)(=O)N1CCN(CCCc2cccc(Cl)c2)CC1. The minimum atomic E-state index is -3.33. The van der Waals surface area contributed by atoms with Crippen LogP contribution in [-0.4, -0.2) is 56.4 Å². The van der Waals surface area contributed by atoms with Crippen molar-refractivity contribution < 1.29 is 8.42 Å². The van der Waals surface area contributed by atoms with Crippen molar-refractivity contribution >= 4 is 21.8 Å². The number of piperazine rings is 1. The second-order valence-corrected chi connectivity index (χ2v) is 8.39. The summed E-state index contributed by atoms with van der Waals surface area (Å²) in [5.41, 5.74) is 1.25. The first kappa shape index (κ1) is 18.7. The normalized spacial score (nSPS) is 17.7. The number of nitrogens with one attached hydrogen (secondary N) is 1. The van der Waals surface area contributed by atoms with Gasteiger partial charge in [-0.3, -0.25) is 0 Å². The highest BCUT2D eigenvalue weighted by molar-refractivity contribution is 7.87. The van der Waals surface area contributed by atoms with Crippen LogP contribution in [0.3, 0.4) is 0 Å². The maximum atomic E-state index is 12.1. The Labute approximate surface area is 144 Å². The van der Waals surface area contributed by atoms with Crippen LogP contribution in [-0.2, 0) is 16.6 Å². The third-order valence-electron chi connectivity index (χ3n) is 3.88. The minimum absolute atomic E-state index is 0.0734. The Balaban J connectivity index is 1.73. The van der Waals surface area contributed by atoms with Gasteiger partial charge in [0, 0.05) is 37.2 Å². The van der Waals surface area contributed by atoms with Gasteiger partial charge in [-0.15, -0.1) is 0 Å². The second-order valence-electron chi connectivity index (χ2n) is 6.25. The van der Waals surface area contributed by atoms with Crippen LogP contribution in [0.5, 0.6) is 0 Å². The van der Waals surface area contributed by atoms with E-state index >= 15 is 0 Å². The molecule has 0 bridgehead atoms. The van der Waals surface area contributed by atoms with E-state index in [0.29, 0.717) is 13.1 Å². The number of hydrogen-bond acceptors (Lipinski definition) is 3. The molecule has 130 valence electrons. The van der Waals surface area contributed by atoms with Crippen molar-refractivity contribution in [3.63, 3.8) is 0 Å². The topological polar surface area (TPSA) is 52.7 Å². The molecule has 0 aliphatic carbocycles. The van der Waals surface area contributed by atoms with Gasteiger partial charge in [-0.05, 0) is 50.9 Å². The summed E-state index contributed by atoms with van der Waals surface area (Å²) >= 11 is 5.99. The molecule has 0 atom stereocenters. The quantitative estimate of drug-likeness (QED) is 0.811. The largest absolute Gasteiger partial charge is 0.301 e. The molecule has 2 rings (SSSR count). The molecule has 1 saturated heterocycles. The van der Waals surface area contributed by atoms with Gasteiger partial charge in [0.25, 0.3) is 10.2 Å². The van der Waals surface area contributed by atoms with Gasteiger partial charge in [-0.1, -0.05) is 23.7 Å². The van der Waals surface area contributed by atoms with E-state index in [-0.39, 0.29) is 6.04 Å². The highest BCUT2D eigenvalue weighted by atomic mass is 35.5. The Morgan fingerprint density at radius 3 is 2.52 bits per heavy atom. The third kappa shape index (κ3) is 6.04. The summed E-state index contributed by atoms with van der Waals surface area (Å²) in [5.74, 6) is 0. The molecule has 1 aliphatic heterocycles. The summed E-state index contributed by atoms with van der Waals surface area (Å²) < 4.78 is 28.4. The molecule has 0 aromatic heterocycles. The van der Waals surface area contributed by atoms with Crippen LogP contribution < -0.4 is 4.72 Å². The van der Waals surface area contributed by atoms with E-state index in [9.17, 15) is 8.42 Å². The van der Waals surface area contributed by atoms with E-state index in [1.54, 1.807) is 4.31 Å².